The van der Waals surface area contributed by atoms with Gasteiger partial charge >= 0.3 is 6.03 Å². The molecule has 3 N–H and O–H groups in total. The molecule has 0 saturated heterocycles. The summed E-state index contributed by atoms with van der Waals surface area (Å²) in [7, 11) is 0. The van der Waals surface area contributed by atoms with E-state index in [0.717, 1.165) is 0 Å². The molecule has 4 amide bonds. The smallest absolute Gasteiger partial charge is 0.315 e. The predicted molar refractivity (Wildman–Crippen MR) is 90.4 cm³/mol. The number of benzene rings is 1. The van der Waals surface area contributed by atoms with Gasteiger partial charge in [0.1, 0.15) is 0 Å². The highest BCUT2D eigenvalue weighted by Crippen LogP contribution is 2.19. The standard InChI is InChI=1S/C16H24N4O3/c1-11(2)18-16(23)17-8-9-20(13(4)22)15-7-5-6-14(10-15)19-12(3)21/h5-7,10-11H,8-9H2,1-4H3,(H,19,21)(H2,17,18,23). The molecule has 0 heterocycles. The molecule has 0 bridgehead atoms. The van der Waals surface area contributed by atoms with Gasteiger partial charge in [0, 0.05) is 44.4 Å². The lowest BCUT2D eigenvalue weighted by molar-refractivity contribution is -0.116. The lowest BCUT2D eigenvalue weighted by Crippen LogP contribution is -2.43. The molecule has 0 aliphatic rings. The van der Waals surface area contributed by atoms with Gasteiger partial charge in [-0.2, -0.15) is 0 Å². The molecule has 0 radical (unpaired) electrons. The molecule has 0 fully saturated rings. The fraction of sp³-hybridized carbons (Fsp3) is 0.438. The highest BCUT2D eigenvalue weighted by molar-refractivity contribution is 5.94. The van der Waals surface area contributed by atoms with Gasteiger partial charge in [0.15, 0.2) is 0 Å². The molecule has 1 rings (SSSR count). The van der Waals surface area contributed by atoms with Gasteiger partial charge in [-0.05, 0) is 32.0 Å². The van der Waals surface area contributed by atoms with Gasteiger partial charge < -0.3 is 20.9 Å². The van der Waals surface area contributed by atoms with E-state index in [1.807, 2.05) is 13.8 Å². The van der Waals surface area contributed by atoms with Crippen LogP contribution in [0.3, 0.4) is 0 Å². The number of carbonyl (C=O) groups excluding carboxylic acids is 3. The first kappa shape index (κ1) is 18.5. The summed E-state index contributed by atoms with van der Waals surface area (Å²) < 4.78 is 0. The second kappa shape index (κ2) is 8.77. The number of nitrogens with zero attached hydrogens (tertiary/aromatic N) is 1. The Morgan fingerprint density at radius 1 is 1.17 bits per heavy atom. The lowest BCUT2D eigenvalue weighted by Gasteiger charge is -2.22. The molecular weight excluding hydrogens is 296 g/mol. The number of urea groups is 1. The Kier molecular flexibility index (Phi) is 7.05. The molecule has 0 aromatic heterocycles. The van der Waals surface area contributed by atoms with Crippen LogP contribution < -0.4 is 20.9 Å². The minimum Gasteiger partial charge on any atom is -0.336 e. The van der Waals surface area contributed by atoms with Crippen molar-refractivity contribution in [2.75, 3.05) is 23.3 Å². The van der Waals surface area contributed by atoms with E-state index in [9.17, 15) is 14.4 Å². The summed E-state index contributed by atoms with van der Waals surface area (Å²) in [5.74, 6) is -0.320. The molecular formula is C16H24N4O3. The average Bonchev–Trinajstić information content (AvgIpc) is 2.41. The van der Waals surface area contributed by atoms with Gasteiger partial charge in [-0.25, -0.2) is 4.79 Å². The highest BCUT2D eigenvalue weighted by atomic mass is 16.2. The fourth-order valence-corrected chi connectivity index (χ4v) is 2.02. The maximum absolute atomic E-state index is 11.8. The van der Waals surface area contributed by atoms with Crippen LogP contribution >= 0.6 is 0 Å². The largest absolute Gasteiger partial charge is 0.336 e. The quantitative estimate of drug-likeness (QED) is 0.745. The van der Waals surface area contributed by atoms with E-state index in [1.54, 1.807) is 29.2 Å². The molecule has 1 aromatic rings. The zero-order valence-corrected chi connectivity index (χ0v) is 14.0. The zero-order valence-electron chi connectivity index (χ0n) is 14.0. The van der Waals surface area contributed by atoms with Crippen molar-refractivity contribution < 1.29 is 14.4 Å². The summed E-state index contributed by atoms with van der Waals surface area (Å²) >= 11 is 0. The maximum atomic E-state index is 11.8. The van der Waals surface area contributed by atoms with Crippen molar-refractivity contribution in [2.24, 2.45) is 0 Å². The van der Waals surface area contributed by atoms with E-state index in [0.29, 0.717) is 24.5 Å². The number of anilines is 2. The van der Waals surface area contributed by atoms with Crippen molar-refractivity contribution in [3.63, 3.8) is 0 Å². The minimum absolute atomic E-state index is 0.0493. The first-order valence-electron chi connectivity index (χ1n) is 7.49. The second-order valence-electron chi connectivity index (χ2n) is 5.46. The normalized spacial score (nSPS) is 10.1. The average molecular weight is 320 g/mol. The van der Waals surface area contributed by atoms with Crippen LogP contribution in [0.15, 0.2) is 24.3 Å². The third-order valence-electron chi connectivity index (χ3n) is 2.90. The van der Waals surface area contributed by atoms with E-state index in [2.05, 4.69) is 16.0 Å². The topological polar surface area (TPSA) is 90.5 Å². The Labute approximate surface area is 136 Å². The first-order valence-corrected chi connectivity index (χ1v) is 7.49. The van der Waals surface area contributed by atoms with Gasteiger partial charge in [-0.1, -0.05) is 6.07 Å². The highest BCUT2D eigenvalue weighted by Gasteiger charge is 2.12. The number of carbonyl (C=O) groups is 3. The molecule has 126 valence electrons. The van der Waals surface area contributed by atoms with Crippen LogP contribution in [-0.4, -0.2) is 37.0 Å². The third kappa shape index (κ3) is 6.82. The summed E-state index contributed by atoms with van der Waals surface area (Å²) in [4.78, 5) is 36.0. The molecule has 7 heteroatoms. The van der Waals surface area contributed by atoms with E-state index in [-0.39, 0.29) is 23.9 Å². The number of amides is 4. The third-order valence-corrected chi connectivity index (χ3v) is 2.90. The summed E-state index contributed by atoms with van der Waals surface area (Å²) in [6.45, 7) is 7.28. The van der Waals surface area contributed by atoms with Crippen LogP contribution in [0.5, 0.6) is 0 Å². The molecule has 1 aromatic carbocycles. The van der Waals surface area contributed by atoms with Crippen LogP contribution in [0.2, 0.25) is 0 Å². The van der Waals surface area contributed by atoms with Crippen LogP contribution in [0.4, 0.5) is 16.2 Å². The fourth-order valence-electron chi connectivity index (χ4n) is 2.02. The van der Waals surface area contributed by atoms with Crippen molar-refractivity contribution in [1.82, 2.24) is 10.6 Å². The first-order chi connectivity index (χ1) is 10.8. The molecule has 0 unspecified atom stereocenters. The van der Waals surface area contributed by atoms with Crippen molar-refractivity contribution in [3.05, 3.63) is 24.3 Å². The predicted octanol–water partition coefficient (Wildman–Crippen LogP) is 1.71. The Hall–Kier alpha value is -2.57. The van der Waals surface area contributed by atoms with Gasteiger partial charge in [-0.15, -0.1) is 0 Å². The van der Waals surface area contributed by atoms with Gasteiger partial charge in [0.05, 0.1) is 0 Å². The maximum Gasteiger partial charge on any atom is 0.315 e. The van der Waals surface area contributed by atoms with E-state index >= 15 is 0 Å². The van der Waals surface area contributed by atoms with Gasteiger partial charge in [0.2, 0.25) is 11.8 Å². The number of hydrogen-bond acceptors (Lipinski definition) is 3. The molecule has 23 heavy (non-hydrogen) atoms. The zero-order chi connectivity index (χ0) is 17.4. The van der Waals surface area contributed by atoms with Crippen LogP contribution in [0.25, 0.3) is 0 Å². The van der Waals surface area contributed by atoms with Crippen LogP contribution in [0, 0.1) is 0 Å². The van der Waals surface area contributed by atoms with Crippen molar-refractivity contribution >= 4 is 29.2 Å². The SMILES string of the molecule is CC(=O)Nc1cccc(N(CCNC(=O)NC(C)C)C(C)=O)c1. The van der Waals surface area contributed by atoms with Crippen molar-refractivity contribution in [2.45, 2.75) is 33.7 Å². The summed E-state index contributed by atoms with van der Waals surface area (Å²) in [5, 5.41) is 8.10. The molecule has 7 nitrogen and oxygen atoms in total. The van der Waals surface area contributed by atoms with Crippen LogP contribution in [-0.2, 0) is 9.59 Å². The molecule has 0 atom stereocenters. The Bertz CT molecular complexity index is 572. The number of hydrogen-bond donors (Lipinski definition) is 3. The summed E-state index contributed by atoms with van der Waals surface area (Å²) in [6.07, 6.45) is 0. The number of nitrogens with one attached hydrogen (secondary N) is 3. The second-order valence-corrected chi connectivity index (χ2v) is 5.46. The molecule has 0 aliphatic heterocycles. The molecule has 0 aliphatic carbocycles. The van der Waals surface area contributed by atoms with Crippen molar-refractivity contribution in [3.8, 4) is 0 Å². The van der Waals surface area contributed by atoms with E-state index in [1.165, 1.54) is 13.8 Å². The Balaban J connectivity index is 2.70. The minimum atomic E-state index is -0.268. The Morgan fingerprint density at radius 3 is 2.43 bits per heavy atom. The molecule has 0 spiro atoms. The van der Waals surface area contributed by atoms with Gasteiger partial charge in [0.25, 0.3) is 0 Å². The van der Waals surface area contributed by atoms with Crippen LogP contribution in [0.1, 0.15) is 27.7 Å². The number of rotatable bonds is 6. The summed E-state index contributed by atoms with van der Waals surface area (Å²) in [6, 6.07) is 6.79. The van der Waals surface area contributed by atoms with E-state index in [4.69, 9.17) is 0 Å². The van der Waals surface area contributed by atoms with E-state index < -0.39 is 0 Å². The Morgan fingerprint density at radius 2 is 1.87 bits per heavy atom. The molecule has 0 saturated carbocycles. The summed E-state index contributed by atoms with van der Waals surface area (Å²) in [5.41, 5.74) is 1.28. The monoisotopic (exact) mass is 320 g/mol. The van der Waals surface area contributed by atoms with Gasteiger partial charge in [-0.3, -0.25) is 9.59 Å². The van der Waals surface area contributed by atoms with Crippen molar-refractivity contribution in [1.29, 1.82) is 0 Å². The lowest BCUT2D eigenvalue weighted by atomic mass is 10.2.